The van der Waals surface area contributed by atoms with E-state index in [9.17, 15) is 18.0 Å². The minimum Gasteiger partial charge on any atom is -0.295 e. The number of Topliss-reactive ketones (excluding diaryl/α,β-unsaturated/α-hetero) is 1. The van der Waals surface area contributed by atoms with Crippen molar-refractivity contribution >= 4 is 17.4 Å². The van der Waals surface area contributed by atoms with Crippen LogP contribution in [0.2, 0.25) is 0 Å². The molecule has 0 radical (unpaired) electrons. The normalized spacial score (nSPS) is 18.9. The van der Waals surface area contributed by atoms with Crippen molar-refractivity contribution in [3.8, 4) is 0 Å². The van der Waals surface area contributed by atoms with Gasteiger partial charge in [-0.1, -0.05) is 43.4 Å². The molecule has 26 heavy (non-hydrogen) atoms. The summed E-state index contributed by atoms with van der Waals surface area (Å²) in [5, 5.41) is 0. The standard InChI is InChI=1S/C22H25F3O/c1-4-5-7-19(16(3)26)14-18-8-6-9-21(15(18)2)17-10-12-20(13-11-17)22(23,24)25/h5-10,14,20H,4,11-13H2,1-3H3/b7-5+,19-14+. The first kappa shape index (κ1) is 20.2. The minimum atomic E-state index is -4.12. The third kappa shape index (κ3) is 4.96. The monoisotopic (exact) mass is 362 g/mol. The zero-order valence-electron chi connectivity index (χ0n) is 15.5. The Kier molecular flexibility index (Phi) is 6.63. The lowest BCUT2D eigenvalue weighted by Crippen LogP contribution is -2.24. The Bertz CT molecular complexity index is 751. The van der Waals surface area contributed by atoms with Crippen LogP contribution < -0.4 is 0 Å². The molecule has 0 amide bonds. The highest BCUT2D eigenvalue weighted by atomic mass is 19.4. The van der Waals surface area contributed by atoms with Crippen molar-refractivity contribution in [2.75, 3.05) is 0 Å². The highest BCUT2D eigenvalue weighted by Gasteiger charge is 2.39. The molecule has 1 aliphatic rings. The van der Waals surface area contributed by atoms with Gasteiger partial charge in [0.05, 0.1) is 5.92 Å². The van der Waals surface area contributed by atoms with E-state index in [0.29, 0.717) is 12.0 Å². The summed E-state index contributed by atoms with van der Waals surface area (Å²) in [5.41, 5.74) is 4.48. The molecule has 1 aromatic carbocycles. The second-order valence-electron chi connectivity index (χ2n) is 6.73. The number of carbonyl (C=O) groups excluding carboxylic acids is 1. The Balaban J connectivity index is 2.34. The van der Waals surface area contributed by atoms with Gasteiger partial charge in [0.15, 0.2) is 5.78 Å². The Hall–Kier alpha value is -2.10. The Labute approximate surface area is 153 Å². The molecular formula is C22H25F3O. The maximum atomic E-state index is 12.9. The lowest BCUT2D eigenvalue weighted by Gasteiger charge is -2.25. The Morgan fingerprint density at radius 1 is 1.31 bits per heavy atom. The summed E-state index contributed by atoms with van der Waals surface area (Å²) in [7, 11) is 0. The molecule has 2 rings (SSSR count). The van der Waals surface area contributed by atoms with Crippen molar-refractivity contribution in [2.24, 2.45) is 5.92 Å². The minimum absolute atomic E-state index is 0.00981. The molecule has 140 valence electrons. The van der Waals surface area contributed by atoms with Gasteiger partial charge in [0.1, 0.15) is 0 Å². The zero-order chi connectivity index (χ0) is 19.3. The smallest absolute Gasteiger partial charge is 0.295 e. The van der Waals surface area contributed by atoms with E-state index in [2.05, 4.69) is 0 Å². The number of carbonyl (C=O) groups is 1. The molecule has 1 atom stereocenters. The second-order valence-corrected chi connectivity index (χ2v) is 6.73. The van der Waals surface area contributed by atoms with Gasteiger partial charge in [0.2, 0.25) is 0 Å². The predicted molar refractivity (Wildman–Crippen MR) is 101 cm³/mol. The summed E-state index contributed by atoms with van der Waals surface area (Å²) < 4.78 is 38.6. The number of allylic oxidation sites excluding steroid dienone is 5. The van der Waals surface area contributed by atoms with E-state index in [0.717, 1.165) is 28.7 Å². The summed E-state index contributed by atoms with van der Waals surface area (Å²) in [6, 6.07) is 5.78. The molecular weight excluding hydrogens is 337 g/mol. The van der Waals surface area contributed by atoms with Crippen LogP contribution in [-0.2, 0) is 4.79 Å². The number of halogens is 3. The fourth-order valence-electron chi connectivity index (χ4n) is 3.21. The van der Waals surface area contributed by atoms with E-state index in [1.165, 1.54) is 6.92 Å². The van der Waals surface area contributed by atoms with E-state index >= 15 is 0 Å². The van der Waals surface area contributed by atoms with Gasteiger partial charge in [-0.25, -0.2) is 0 Å². The fraction of sp³-hybridized carbons (Fsp3) is 0.409. The molecule has 0 spiro atoms. The topological polar surface area (TPSA) is 17.1 Å². The third-order valence-electron chi connectivity index (χ3n) is 4.85. The molecule has 0 aliphatic heterocycles. The predicted octanol–water partition coefficient (Wildman–Crippen LogP) is 6.68. The van der Waals surface area contributed by atoms with Gasteiger partial charge < -0.3 is 0 Å². The Morgan fingerprint density at radius 2 is 2.04 bits per heavy atom. The molecule has 0 aromatic heterocycles. The van der Waals surface area contributed by atoms with Gasteiger partial charge in [-0.05, 0) is 67.9 Å². The maximum absolute atomic E-state index is 12.9. The van der Waals surface area contributed by atoms with Crippen molar-refractivity contribution in [1.29, 1.82) is 0 Å². The van der Waals surface area contributed by atoms with Crippen molar-refractivity contribution in [3.63, 3.8) is 0 Å². The first-order valence-corrected chi connectivity index (χ1v) is 8.99. The highest BCUT2D eigenvalue weighted by molar-refractivity contribution is 6.00. The molecule has 1 unspecified atom stereocenters. The molecule has 1 aromatic rings. The van der Waals surface area contributed by atoms with Crippen molar-refractivity contribution in [2.45, 2.75) is 52.6 Å². The summed E-state index contributed by atoms with van der Waals surface area (Å²) in [4.78, 5) is 11.8. The summed E-state index contributed by atoms with van der Waals surface area (Å²) in [6.07, 6.45) is 4.66. The molecule has 0 saturated carbocycles. The van der Waals surface area contributed by atoms with Crippen LogP contribution in [-0.4, -0.2) is 12.0 Å². The first-order valence-electron chi connectivity index (χ1n) is 8.99. The van der Waals surface area contributed by atoms with Crippen molar-refractivity contribution < 1.29 is 18.0 Å². The van der Waals surface area contributed by atoms with E-state index in [4.69, 9.17) is 0 Å². The molecule has 1 nitrogen and oxygen atoms in total. The zero-order valence-corrected chi connectivity index (χ0v) is 15.5. The largest absolute Gasteiger partial charge is 0.392 e. The maximum Gasteiger partial charge on any atom is 0.392 e. The van der Waals surface area contributed by atoms with Gasteiger partial charge in [-0.2, -0.15) is 13.2 Å². The Morgan fingerprint density at radius 3 is 2.58 bits per heavy atom. The summed E-state index contributed by atoms with van der Waals surface area (Å²) in [6.45, 7) is 5.50. The SMILES string of the molecule is CC/C=C/C(=C\c1cccc(C2=CCC(C(F)(F)F)CC2)c1C)C(C)=O. The van der Waals surface area contributed by atoms with Crippen LogP contribution in [0.4, 0.5) is 13.2 Å². The lowest BCUT2D eigenvalue weighted by molar-refractivity contribution is -0.175. The molecule has 0 saturated heterocycles. The van der Waals surface area contributed by atoms with E-state index in [-0.39, 0.29) is 18.6 Å². The highest BCUT2D eigenvalue weighted by Crippen LogP contribution is 2.40. The quantitative estimate of drug-likeness (QED) is 0.422. The number of hydrogen-bond donors (Lipinski definition) is 0. The first-order chi connectivity index (χ1) is 12.2. The number of ketones is 1. The average molecular weight is 362 g/mol. The van der Waals surface area contributed by atoms with E-state index < -0.39 is 12.1 Å². The van der Waals surface area contributed by atoms with Crippen LogP contribution >= 0.6 is 0 Å². The van der Waals surface area contributed by atoms with Crippen LogP contribution in [0.5, 0.6) is 0 Å². The van der Waals surface area contributed by atoms with Gasteiger partial charge in [-0.3, -0.25) is 4.79 Å². The molecule has 4 heteroatoms. The molecule has 0 fully saturated rings. The third-order valence-corrected chi connectivity index (χ3v) is 4.85. The molecule has 0 bridgehead atoms. The summed E-state index contributed by atoms with van der Waals surface area (Å²) >= 11 is 0. The van der Waals surface area contributed by atoms with Gasteiger partial charge >= 0.3 is 6.18 Å². The van der Waals surface area contributed by atoms with Gasteiger partial charge in [0, 0.05) is 5.57 Å². The molecule has 1 aliphatic carbocycles. The van der Waals surface area contributed by atoms with Crippen LogP contribution in [0.25, 0.3) is 11.6 Å². The lowest BCUT2D eigenvalue weighted by atomic mass is 9.84. The molecule has 0 N–H and O–H groups in total. The second kappa shape index (κ2) is 8.52. The van der Waals surface area contributed by atoms with Crippen LogP contribution in [0, 0.1) is 12.8 Å². The van der Waals surface area contributed by atoms with E-state index in [1.807, 2.05) is 50.3 Å². The molecule has 0 heterocycles. The van der Waals surface area contributed by atoms with Crippen molar-refractivity contribution in [3.05, 3.63) is 58.7 Å². The van der Waals surface area contributed by atoms with Gasteiger partial charge in [-0.15, -0.1) is 0 Å². The summed E-state index contributed by atoms with van der Waals surface area (Å²) in [5.74, 6) is -1.25. The average Bonchev–Trinajstić information content (AvgIpc) is 2.59. The fourth-order valence-corrected chi connectivity index (χ4v) is 3.21. The van der Waals surface area contributed by atoms with Crippen molar-refractivity contribution in [1.82, 2.24) is 0 Å². The number of rotatable bonds is 5. The van der Waals surface area contributed by atoms with E-state index in [1.54, 1.807) is 6.08 Å². The number of alkyl halides is 3. The number of benzene rings is 1. The van der Waals surface area contributed by atoms with Crippen LogP contribution in [0.3, 0.4) is 0 Å². The van der Waals surface area contributed by atoms with Gasteiger partial charge in [0.25, 0.3) is 0 Å². The van der Waals surface area contributed by atoms with Crippen LogP contribution in [0.1, 0.15) is 56.2 Å². The number of hydrogen-bond acceptors (Lipinski definition) is 1. The van der Waals surface area contributed by atoms with Crippen LogP contribution in [0.15, 0.2) is 42.0 Å².